The van der Waals surface area contributed by atoms with Gasteiger partial charge in [0, 0.05) is 31.9 Å². The summed E-state index contributed by atoms with van der Waals surface area (Å²) in [6.07, 6.45) is 8.40. The van der Waals surface area contributed by atoms with E-state index in [1.807, 2.05) is 24.3 Å². The Morgan fingerprint density at radius 3 is 2.67 bits per heavy atom. The first-order valence-electron chi connectivity index (χ1n) is 10.3. The molecular weight excluding hydrogens is 342 g/mol. The average molecular weight is 376 g/mol. The van der Waals surface area contributed by atoms with Gasteiger partial charge < -0.3 is 25.0 Å². The Balaban J connectivity index is 1.29. The summed E-state index contributed by atoms with van der Waals surface area (Å²) < 4.78 is 11.6. The largest absolute Gasteiger partial charge is 0.490 e. The number of likely N-dealkylation sites (tertiary alicyclic amines) is 1. The van der Waals surface area contributed by atoms with Crippen molar-refractivity contribution in [3.8, 4) is 5.75 Å². The van der Waals surface area contributed by atoms with Gasteiger partial charge >= 0.3 is 6.03 Å². The predicted octanol–water partition coefficient (Wildman–Crippen LogP) is 3.63. The molecule has 3 rings (SSSR count). The van der Waals surface area contributed by atoms with Crippen molar-refractivity contribution >= 4 is 11.7 Å². The number of anilines is 1. The number of rotatable bonds is 8. The van der Waals surface area contributed by atoms with Crippen LogP contribution in [0.2, 0.25) is 0 Å². The lowest BCUT2D eigenvalue weighted by Gasteiger charge is -2.29. The monoisotopic (exact) mass is 375 g/mol. The molecule has 0 unspecified atom stereocenters. The molecular formula is C21H33N3O3. The third-order valence-corrected chi connectivity index (χ3v) is 5.34. The van der Waals surface area contributed by atoms with Gasteiger partial charge in [-0.1, -0.05) is 0 Å². The number of benzene rings is 1. The zero-order valence-electron chi connectivity index (χ0n) is 16.4. The fourth-order valence-electron chi connectivity index (χ4n) is 3.66. The highest BCUT2D eigenvalue weighted by Crippen LogP contribution is 2.21. The maximum Gasteiger partial charge on any atom is 0.319 e. The van der Waals surface area contributed by atoms with Crippen LogP contribution < -0.4 is 15.4 Å². The molecule has 0 bridgehead atoms. The van der Waals surface area contributed by atoms with E-state index < -0.39 is 0 Å². The number of nitrogens with zero attached hydrogens (tertiary/aromatic N) is 1. The SMILES string of the molecule is CN1CCC(Oc2ccc(NC(=O)NCCCC[C@H]3CCCO3)cc2)CC1. The fraction of sp³-hybridized carbons (Fsp3) is 0.667. The van der Waals surface area contributed by atoms with Crippen molar-refractivity contribution in [2.24, 2.45) is 0 Å². The van der Waals surface area contributed by atoms with Crippen molar-refractivity contribution in [1.29, 1.82) is 0 Å². The minimum Gasteiger partial charge on any atom is -0.490 e. The molecule has 0 aliphatic carbocycles. The van der Waals surface area contributed by atoms with Crippen LogP contribution in [0.25, 0.3) is 0 Å². The minimum atomic E-state index is -0.156. The zero-order chi connectivity index (χ0) is 18.9. The lowest BCUT2D eigenvalue weighted by atomic mass is 10.1. The Bertz CT molecular complexity index is 565. The molecule has 0 spiro atoms. The first kappa shape index (κ1) is 20.0. The summed E-state index contributed by atoms with van der Waals surface area (Å²) in [6, 6.07) is 7.48. The highest BCUT2D eigenvalue weighted by molar-refractivity contribution is 5.89. The van der Waals surface area contributed by atoms with E-state index in [9.17, 15) is 4.79 Å². The molecule has 1 aromatic rings. The molecule has 6 heteroatoms. The summed E-state index contributed by atoms with van der Waals surface area (Å²) in [5, 5.41) is 5.79. The van der Waals surface area contributed by atoms with Crippen LogP contribution in [-0.2, 0) is 4.74 Å². The number of ether oxygens (including phenoxy) is 2. The van der Waals surface area contributed by atoms with Crippen molar-refractivity contribution in [3.05, 3.63) is 24.3 Å². The van der Waals surface area contributed by atoms with Crippen LogP contribution in [0.15, 0.2) is 24.3 Å². The molecule has 2 N–H and O–H groups in total. The molecule has 1 aromatic carbocycles. The van der Waals surface area contributed by atoms with Crippen LogP contribution in [0.4, 0.5) is 10.5 Å². The summed E-state index contributed by atoms with van der Waals surface area (Å²) in [6.45, 7) is 3.76. The van der Waals surface area contributed by atoms with Crippen LogP contribution in [0.3, 0.4) is 0 Å². The number of unbranched alkanes of at least 4 members (excludes halogenated alkanes) is 1. The van der Waals surface area contributed by atoms with Gasteiger partial charge in [0.2, 0.25) is 0 Å². The molecule has 0 radical (unpaired) electrons. The van der Waals surface area contributed by atoms with Gasteiger partial charge in [0.25, 0.3) is 0 Å². The molecule has 2 fully saturated rings. The van der Waals surface area contributed by atoms with Crippen molar-refractivity contribution < 1.29 is 14.3 Å². The van der Waals surface area contributed by atoms with E-state index in [0.717, 1.165) is 63.2 Å². The standard InChI is InChI=1S/C21H33N3O3/c1-24-14-11-20(12-15-24)27-19-9-7-17(8-10-19)23-21(25)22-13-3-2-5-18-6-4-16-26-18/h7-10,18,20H,2-6,11-16H2,1H3,(H2,22,23,25)/t18-/m0/s1. The second kappa shape index (κ2) is 10.5. The third-order valence-electron chi connectivity index (χ3n) is 5.34. The van der Waals surface area contributed by atoms with E-state index in [1.54, 1.807) is 0 Å². The maximum atomic E-state index is 12.0. The van der Waals surface area contributed by atoms with Crippen LogP contribution in [-0.4, -0.2) is 56.4 Å². The molecule has 150 valence electrons. The van der Waals surface area contributed by atoms with Crippen LogP contribution in [0.5, 0.6) is 5.75 Å². The maximum absolute atomic E-state index is 12.0. The summed E-state index contributed by atoms with van der Waals surface area (Å²) >= 11 is 0. The summed E-state index contributed by atoms with van der Waals surface area (Å²) in [5.74, 6) is 0.865. The van der Waals surface area contributed by atoms with Gasteiger partial charge in [-0.25, -0.2) is 4.79 Å². The van der Waals surface area contributed by atoms with E-state index in [1.165, 1.54) is 12.8 Å². The normalized spacial score (nSPS) is 21.1. The van der Waals surface area contributed by atoms with E-state index in [2.05, 4.69) is 22.6 Å². The lowest BCUT2D eigenvalue weighted by molar-refractivity contribution is 0.102. The first-order valence-corrected chi connectivity index (χ1v) is 10.3. The first-order chi connectivity index (χ1) is 13.2. The number of carbonyl (C=O) groups is 1. The number of urea groups is 1. The van der Waals surface area contributed by atoms with Gasteiger partial charge in [-0.05, 0) is 76.3 Å². The van der Waals surface area contributed by atoms with E-state index in [-0.39, 0.29) is 12.1 Å². The van der Waals surface area contributed by atoms with Gasteiger partial charge in [0.05, 0.1) is 6.10 Å². The predicted molar refractivity (Wildman–Crippen MR) is 107 cm³/mol. The van der Waals surface area contributed by atoms with E-state index >= 15 is 0 Å². The van der Waals surface area contributed by atoms with Crippen molar-refractivity contribution in [3.63, 3.8) is 0 Å². The Morgan fingerprint density at radius 2 is 1.96 bits per heavy atom. The molecule has 2 aliphatic heterocycles. The van der Waals surface area contributed by atoms with Gasteiger partial charge in [0.1, 0.15) is 11.9 Å². The molecule has 1 atom stereocenters. The van der Waals surface area contributed by atoms with E-state index in [0.29, 0.717) is 12.6 Å². The average Bonchev–Trinajstić information content (AvgIpc) is 3.18. The summed E-state index contributed by atoms with van der Waals surface area (Å²) in [7, 11) is 2.14. The van der Waals surface area contributed by atoms with Crippen molar-refractivity contribution in [1.82, 2.24) is 10.2 Å². The molecule has 27 heavy (non-hydrogen) atoms. The second-order valence-electron chi connectivity index (χ2n) is 7.66. The number of hydrogen-bond donors (Lipinski definition) is 2. The van der Waals surface area contributed by atoms with Crippen molar-refractivity contribution in [2.45, 2.75) is 57.2 Å². The Hall–Kier alpha value is -1.79. The molecule has 0 saturated carbocycles. The number of piperidine rings is 1. The Morgan fingerprint density at radius 1 is 1.19 bits per heavy atom. The molecule has 2 saturated heterocycles. The zero-order valence-corrected chi connectivity index (χ0v) is 16.4. The van der Waals surface area contributed by atoms with Gasteiger partial charge in [-0.3, -0.25) is 0 Å². The molecule has 6 nitrogen and oxygen atoms in total. The highest BCUT2D eigenvalue weighted by atomic mass is 16.5. The highest BCUT2D eigenvalue weighted by Gasteiger charge is 2.18. The molecule has 2 aliphatic rings. The lowest BCUT2D eigenvalue weighted by Crippen LogP contribution is -2.35. The fourth-order valence-corrected chi connectivity index (χ4v) is 3.66. The number of amides is 2. The molecule has 2 amide bonds. The van der Waals surface area contributed by atoms with Crippen LogP contribution >= 0.6 is 0 Å². The minimum absolute atomic E-state index is 0.156. The number of nitrogens with one attached hydrogen (secondary N) is 2. The van der Waals surface area contributed by atoms with E-state index in [4.69, 9.17) is 9.47 Å². The van der Waals surface area contributed by atoms with Crippen LogP contribution in [0.1, 0.15) is 44.9 Å². The van der Waals surface area contributed by atoms with Gasteiger partial charge in [0.15, 0.2) is 0 Å². The van der Waals surface area contributed by atoms with Crippen molar-refractivity contribution in [2.75, 3.05) is 38.6 Å². The van der Waals surface area contributed by atoms with Crippen LogP contribution in [0, 0.1) is 0 Å². The molecule has 2 heterocycles. The topological polar surface area (TPSA) is 62.8 Å². The second-order valence-corrected chi connectivity index (χ2v) is 7.66. The molecule has 0 aromatic heterocycles. The third kappa shape index (κ3) is 7.03. The number of hydrogen-bond acceptors (Lipinski definition) is 4. The van der Waals surface area contributed by atoms with Gasteiger partial charge in [-0.2, -0.15) is 0 Å². The quantitative estimate of drug-likeness (QED) is 0.681. The number of carbonyl (C=O) groups excluding carboxylic acids is 1. The Labute approximate surface area is 162 Å². The van der Waals surface area contributed by atoms with Gasteiger partial charge in [-0.15, -0.1) is 0 Å². The summed E-state index contributed by atoms with van der Waals surface area (Å²) in [4.78, 5) is 14.3. The summed E-state index contributed by atoms with van der Waals surface area (Å²) in [5.41, 5.74) is 0.780. The Kier molecular flexibility index (Phi) is 7.78. The smallest absolute Gasteiger partial charge is 0.319 e.